The van der Waals surface area contributed by atoms with Crippen molar-refractivity contribution in [3.8, 4) is 11.4 Å². The van der Waals surface area contributed by atoms with E-state index in [1.807, 2.05) is 13.8 Å². The Morgan fingerprint density at radius 3 is 2.56 bits per heavy atom. The monoisotopic (exact) mass is 328 g/mol. The maximum absolute atomic E-state index is 13.5. The van der Waals surface area contributed by atoms with E-state index >= 15 is 0 Å². The maximum Gasteiger partial charge on any atom is 0.161 e. The second kappa shape index (κ2) is 5.33. The van der Waals surface area contributed by atoms with Gasteiger partial charge in [-0.1, -0.05) is 25.4 Å². The van der Waals surface area contributed by atoms with Crippen LogP contribution in [0, 0.1) is 5.82 Å². The summed E-state index contributed by atoms with van der Waals surface area (Å²) in [5.74, 6) is 0.337. The Bertz CT molecular complexity index is 587. The van der Waals surface area contributed by atoms with E-state index in [-0.39, 0.29) is 11.7 Å². The summed E-state index contributed by atoms with van der Waals surface area (Å²) < 4.78 is 13.9. The summed E-state index contributed by atoms with van der Waals surface area (Å²) in [6.07, 6.45) is 0. The van der Waals surface area contributed by atoms with Gasteiger partial charge in [0.25, 0.3) is 0 Å². The normalized spacial score (nSPS) is 11.0. The third-order valence-electron chi connectivity index (χ3n) is 2.48. The van der Waals surface area contributed by atoms with Crippen LogP contribution in [0.1, 0.15) is 25.5 Å². The average molecular weight is 330 g/mol. The van der Waals surface area contributed by atoms with E-state index in [4.69, 9.17) is 11.6 Å². The van der Waals surface area contributed by atoms with Gasteiger partial charge in [-0.3, -0.25) is 0 Å². The molecule has 2 rings (SSSR count). The first-order chi connectivity index (χ1) is 8.47. The van der Waals surface area contributed by atoms with Crippen molar-refractivity contribution in [3.63, 3.8) is 0 Å². The van der Waals surface area contributed by atoms with Gasteiger partial charge in [-0.25, -0.2) is 14.4 Å². The van der Waals surface area contributed by atoms with E-state index in [1.165, 1.54) is 6.07 Å². The van der Waals surface area contributed by atoms with Crippen molar-refractivity contribution in [3.05, 3.63) is 45.4 Å². The highest BCUT2D eigenvalue weighted by Crippen LogP contribution is 2.25. The molecule has 0 aliphatic rings. The zero-order valence-corrected chi connectivity index (χ0v) is 12.3. The smallest absolute Gasteiger partial charge is 0.161 e. The van der Waals surface area contributed by atoms with Crippen molar-refractivity contribution >= 4 is 27.5 Å². The second-order valence-electron chi connectivity index (χ2n) is 4.22. The van der Waals surface area contributed by atoms with Crippen LogP contribution in [-0.4, -0.2) is 9.97 Å². The van der Waals surface area contributed by atoms with Gasteiger partial charge < -0.3 is 0 Å². The van der Waals surface area contributed by atoms with Crippen LogP contribution in [-0.2, 0) is 0 Å². The quantitative estimate of drug-likeness (QED) is 0.738. The lowest BCUT2D eigenvalue weighted by Gasteiger charge is -2.08. The Morgan fingerprint density at radius 1 is 1.22 bits per heavy atom. The molecule has 1 aromatic heterocycles. The van der Waals surface area contributed by atoms with Crippen molar-refractivity contribution in [2.24, 2.45) is 0 Å². The molecule has 0 unspecified atom stereocenters. The molecule has 0 saturated heterocycles. The van der Waals surface area contributed by atoms with Crippen molar-refractivity contribution < 1.29 is 4.39 Å². The topological polar surface area (TPSA) is 25.8 Å². The minimum absolute atomic E-state index is 0.240. The van der Waals surface area contributed by atoms with Crippen LogP contribution < -0.4 is 0 Å². The molecule has 18 heavy (non-hydrogen) atoms. The lowest BCUT2D eigenvalue weighted by atomic mass is 10.1. The molecule has 0 aliphatic carbocycles. The van der Waals surface area contributed by atoms with Crippen LogP contribution in [0.25, 0.3) is 11.4 Å². The third-order valence-corrected chi connectivity index (χ3v) is 3.32. The zero-order valence-electron chi connectivity index (χ0n) is 9.92. The molecule has 0 N–H and O–H groups in total. The maximum atomic E-state index is 13.5. The van der Waals surface area contributed by atoms with Crippen LogP contribution >= 0.6 is 27.5 Å². The highest BCUT2D eigenvalue weighted by Gasteiger charge is 2.10. The van der Waals surface area contributed by atoms with Gasteiger partial charge in [0.1, 0.15) is 11.0 Å². The molecule has 0 radical (unpaired) electrons. The molecular formula is C13H11BrClFN2. The summed E-state index contributed by atoms with van der Waals surface area (Å²) in [7, 11) is 0. The Labute approximate surface area is 118 Å². The number of hydrogen-bond acceptors (Lipinski definition) is 2. The van der Waals surface area contributed by atoms with Gasteiger partial charge in [0.15, 0.2) is 5.82 Å². The summed E-state index contributed by atoms with van der Waals surface area (Å²) in [6, 6.07) is 6.50. The summed E-state index contributed by atoms with van der Waals surface area (Å²) >= 11 is 9.07. The first-order valence-electron chi connectivity index (χ1n) is 5.47. The van der Waals surface area contributed by atoms with Gasteiger partial charge in [-0.2, -0.15) is 0 Å². The van der Waals surface area contributed by atoms with Crippen molar-refractivity contribution in [2.45, 2.75) is 19.8 Å². The lowest BCUT2D eigenvalue weighted by Crippen LogP contribution is -1.98. The number of rotatable bonds is 2. The molecule has 0 fully saturated rings. The van der Waals surface area contributed by atoms with Crippen molar-refractivity contribution in [1.29, 1.82) is 0 Å². The molecule has 1 aromatic carbocycles. The van der Waals surface area contributed by atoms with E-state index in [9.17, 15) is 4.39 Å². The molecule has 0 amide bonds. The first kappa shape index (κ1) is 13.4. The molecule has 0 spiro atoms. The van der Waals surface area contributed by atoms with Crippen LogP contribution in [0.2, 0.25) is 5.15 Å². The number of benzene rings is 1. The molecule has 5 heteroatoms. The highest BCUT2D eigenvalue weighted by atomic mass is 79.9. The fourth-order valence-electron chi connectivity index (χ4n) is 1.50. The number of aromatic nitrogens is 2. The lowest BCUT2D eigenvalue weighted by molar-refractivity contribution is 0.621. The minimum Gasteiger partial charge on any atom is -0.233 e. The van der Waals surface area contributed by atoms with E-state index in [2.05, 4.69) is 25.9 Å². The molecule has 0 saturated carbocycles. The molecule has 2 nitrogen and oxygen atoms in total. The first-order valence-corrected chi connectivity index (χ1v) is 6.64. The molecule has 1 heterocycles. The van der Waals surface area contributed by atoms with E-state index in [1.54, 1.807) is 18.2 Å². The van der Waals surface area contributed by atoms with Gasteiger partial charge >= 0.3 is 0 Å². The highest BCUT2D eigenvalue weighted by molar-refractivity contribution is 9.10. The van der Waals surface area contributed by atoms with Gasteiger partial charge in [0.2, 0.25) is 0 Å². The van der Waals surface area contributed by atoms with E-state index < -0.39 is 0 Å². The Morgan fingerprint density at radius 2 is 1.94 bits per heavy atom. The Kier molecular flexibility index (Phi) is 3.97. The van der Waals surface area contributed by atoms with Gasteiger partial charge in [-0.15, -0.1) is 0 Å². The van der Waals surface area contributed by atoms with Crippen LogP contribution in [0.5, 0.6) is 0 Å². The van der Waals surface area contributed by atoms with Gasteiger partial charge in [0.05, 0.1) is 4.47 Å². The van der Waals surface area contributed by atoms with Crippen molar-refractivity contribution in [1.82, 2.24) is 9.97 Å². The predicted molar refractivity (Wildman–Crippen MR) is 74.2 cm³/mol. The molecule has 0 atom stereocenters. The molecule has 0 aliphatic heterocycles. The standard InChI is InChI=1S/C13H11BrClFN2/c1-7(2)11-6-12(15)18-13(17-11)8-3-4-9(14)10(16)5-8/h3-7H,1-2H3. The second-order valence-corrected chi connectivity index (χ2v) is 5.46. The minimum atomic E-state index is -0.345. The van der Waals surface area contributed by atoms with Crippen molar-refractivity contribution in [2.75, 3.05) is 0 Å². The average Bonchev–Trinajstić information content (AvgIpc) is 2.31. The summed E-state index contributed by atoms with van der Waals surface area (Å²) in [6.45, 7) is 4.04. The molecule has 2 aromatic rings. The fourth-order valence-corrected chi connectivity index (χ4v) is 1.93. The van der Waals surface area contributed by atoms with E-state index in [0.717, 1.165) is 5.69 Å². The zero-order chi connectivity index (χ0) is 13.3. The fraction of sp³-hybridized carbons (Fsp3) is 0.231. The summed E-state index contributed by atoms with van der Waals surface area (Å²) in [4.78, 5) is 8.53. The number of hydrogen-bond donors (Lipinski definition) is 0. The predicted octanol–water partition coefficient (Wildman–Crippen LogP) is 4.82. The van der Waals surface area contributed by atoms with Crippen LogP contribution in [0.15, 0.2) is 28.7 Å². The summed E-state index contributed by atoms with van der Waals surface area (Å²) in [5.41, 5.74) is 1.45. The Balaban J connectivity index is 2.53. The molecule has 94 valence electrons. The Hall–Kier alpha value is -1.00. The molecule has 0 bridgehead atoms. The summed E-state index contributed by atoms with van der Waals surface area (Å²) in [5, 5.41) is 0.368. The van der Waals surface area contributed by atoms with Crippen LogP contribution in [0.4, 0.5) is 4.39 Å². The molecular weight excluding hydrogens is 319 g/mol. The van der Waals surface area contributed by atoms with E-state index in [0.29, 0.717) is 21.0 Å². The third kappa shape index (κ3) is 2.87. The largest absolute Gasteiger partial charge is 0.233 e. The number of nitrogens with zero attached hydrogens (tertiary/aromatic N) is 2. The van der Waals surface area contributed by atoms with Gasteiger partial charge in [-0.05, 0) is 46.1 Å². The SMILES string of the molecule is CC(C)c1cc(Cl)nc(-c2ccc(Br)c(F)c2)n1. The van der Waals surface area contributed by atoms with Gasteiger partial charge in [0, 0.05) is 11.3 Å². The number of halogens is 3. The van der Waals surface area contributed by atoms with Crippen LogP contribution in [0.3, 0.4) is 0 Å².